The third kappa shape index (κ3) is 4.29. The quantitative estimate of drug-likeness (QED) is 0.191. The Bertz CT molecular complexity index is 620. The molecule has 0 bridgehead atoms. The second-order valence-electron chi connectivity index (χ2n) is 4.69. The number of rotatable bonds is 7. The summed E-state index contributed by atoms with van der Waals surface area (Å²) in [5.41, 5.74) is -0.822. The second kappa shape index (κ2) is 7.92. The van der Waals surface area contributed by atoms with Crippen LogP contribution in [0.4, 0.5) is 0 Å². The topological polar surface area (TPSA) is 127 Å². The van der Waals surface area contributed by atoms with E-state index >= 15 is 0 Å². The first-order valence-corrected chi connectivity index (χ1v) is 6.79. The Kier molecular flexibility index (Phi) is 6.25. The molecule has 0 amide bonds. The molecule has 0 saturated carbocycles. The first kappa shape index (κ1) is 18.1. The SMILES string of the molecule is CCOC(=O)C(C(C)=O)C(C(C(=O)O)=[N+]([O-])O)c1ccccc1. The minimum atomic E-state index is -1.74. The van der Waals surface area contributed by atoms with Crippen molar-refractivity contribution >= 4 is 23.4 Å². The fourth-order valence-corrected chi connectivity index (χ4v) is 2.27. The van der Waals surface area contributed by atoms with Crippen LogP contribution < -0.4 is 0 Å². The van der Waals surface area contributed by atoms with Gasteiger partial charge >= 0.3 is 17.7 Å². The van der Waals surface area contributed by atoms with Crippen molar-refractivity contribution in [3.8, 4) is 0 Å². The van der Waals surface area contributed by atoms with Gasteiger partial charge in [0.15, 0.2) is 0 Å². The molecule has 0 aromatic heterocycles. The number of benzene rings is 1. The highest BCUT2D eigenvalue weighted by molar-refractivity contribution is 6.36. The normalized spacial score (nSPS) is 14.3. The van der Waals surface area contributed by atoms with Crippen LogP contribution in [0.3, 0.4) is 0 Å². The minimum Gasteiger partial charge on any atom is -0.473 e. The van der Waals surface area contributed by atoms with Crippen molar-refractivity contribution in [1.82, 2.24) is 0 Å². The van der Waals surface area contributed by atoms with Crippen LogP contribution in [-0.4, -0.2) is 45.3 Å². The molecule has 23 heavy (non-hydrogen) atoms. The molecule has 0 aliphatic rings. The van der Waals surface area contributed by atoms with Gasteiger partial charge in [-0.2, -0.15) is 0 Å². The Balaban J connectivity index is 3.56. The fourth-order valence-electron chi connectivity index (χ4n) is 2.27. The molecule has 0 aliphatic carbocycles. The first-order chi connectivity index (χ1) is 10.8. The van der Waals surface area contributed by atoms with Crippen LogP contribution in [0.5, 0.6) is 0 Å². The third-order valence-corrected chi connectivity index (χ3v) is 3.19. The van der Waals surface area contributed by atoms with Gasteiger partial charge in [-0.1, -0.05) is 30.3 Å². The molecule has 0 spiro atoms. The largest absolute Gasteiger partial charge is 0.473 e. The number of ketones is 1. The Morgan fingerprint density at radius 3 is 2.22 bits per heavy atom. The zero-order chi connectivity index (χ0) is 17.6. The Morgan fingerprint density at radius 1 is 1.26 bits per heavy atom. The van der Waals surface area contributed by atoms with Crippen LogP contribution in [0.15, 0.2) is 30.3 Å². The van der Waals surface area contributed by atoms with Crippen LogP contribution >= 0.6 is 0 Å². The van der Waals surface area contributed by atoms with Crippen LogP contribution in [0.2, 0.25) is 0 Å². The second-order valence-corrected chi connectivity index (χ2v) is 4.69. The van der Waals surface area contributed by atoms with Gasteiger partial charge in [0.25, 0.3) is 0 Å². The summed E-state index contributed by atoms with van der Waals surface area (Å²) >= 11 is 0. The highest BCUT2D eigenvalue weighted by atomic mass is 16.8. The van der Waals surface area contributed by atoms with Gasteiger partial charge in [-0.05, 0) is 19.4 Å². The number of Topliss-reactive ketones (excluding diaryl/α,β-unsaturated/α-hetero) is 1. The van der Waals surface area contributed by atoms with E-state index in [9.17, 15) is 24.7 Å². The standard InChI is InChI=1S/C15H17NO7/c1-3-23-15(20)11(9(2)17)12(10-7-5-4-6-8-10)13(14(18)19)16(21)22/h4-8,11-12H,3H2,1-2H3,(H,18,19)(H,21,22). The van der Waals surface area contributed by atoms with Gasteiger partial charge in [0.1, 0.15) is 17.6 Å². The van der Waals surface area contributed by atoms with E-state index in [1.807, 2.05) is 0 Å². The van der Waals surface area contributed by atoms with E-state index in [4.69, 9.17) is 9.94 Å². The number of carboxylic acid groups (broad SMARTS) is 1. The molecule has 1 rings (SSSR count). The van der Waals surface area contributed by atoms with Crippen molar-refractivity contribution in [2.24, 2.45) is 5.92 Å². The zero-order valence-electron chi connectivity index (χ0n) is 12.6. The lowest BCUT2D eigenvalue weighted by Crippen LogP contribution is -2.40. The van der Waals surface area contributed by atoms with Gasteiger partial charge in [-0.15, -0.1) is 0 Å². The predicted molar refractivity (Wildman–Crippen MR) is 78.0 cm³/mol. The van der Waals surface area contributed by atoms with E-state index in [1.165, 1.54) is 19.1 Å². The molecule has 0 radical (unpaired) electrons. The minimum absolute atomic E-state index is 0.0211. The van der Waals surface area contributed by atoms with Gasteiger partial charge in [-0.3, -0.25) is 14.8 Å². The molecule has 8 nitrogen and oxygen atoms in total. The molecule has 2 N–H and O–H groups in total. The smallest absolute Gasteiger partial charge is 0.403 e. The van der Waals surface area contributed by atoms with Gasteiger partial charge in [0.05, 0.1) is 6.61 Å². The van der Waals surface area contributed by atoms with Crippen molar-refractivity contribution < 1.29 is 34.3 Å². The van der Waals surface area contributed by atoms with Crippen LogP contribution in [0.25, 0.3) is 0 Å². The maximum Gasteiger partial charge on any atom is 0.403 e. The number of carbonyl (C=O) groups is 3. The summed E-state index contributed by atoms with van der Waals surface area (Å²) in [7, 11) is 0. The molecule has 0 saturated heterocycles. The maximum absolute atomic E-state index is 12.1. The molecule has 2 atom stereocenters. The number of hydrogen-bond donors (Lipinski definition) is 2. The number of carbonyl (C=O) groups excluding carboxylic acids is 2. The summed E-state index contributed by atoms with van der Waals surface area (Å²) in [5.74, 6) is -6.43. The summed E-state index contributed by atoms with van der Waals surface area (Å²) in [6.07, 6.45) is 0. The van der Waals surface area contributed by atoms with Gasteiger partial charge in [0, 0.05) is 4.90 Å². The van der Waals surface area contributed by atoms with Crippen molar-refractivity contribution in [3.05, 3.63) is 41.1 Å². The number of hydrogen-bond acceptors (Lipinski definition) is 6. The molecule has 1 aromatic carbocycles. The summed E-state index contributed by atoms with van der Waals surface area (Å²) < 4.78 is 4.81. The highest BCUT2D eigenvalue weighted by Gasteiger charge is 2.45. The van der Waals surface area contributed by atoms with E-state index in [-0.39, 0.29) is 12.2 Å². The number of aliphatic carboxylic acids is 1. The molecular weight excluding hydrogens is 306 g/mol. The lowest BCUT2D eigenvalue weighted by molar-refractivity contribution is -0.726. The average molecular weight is 323 g/mol. The maximum atomic E-state index is 12.1. The molecular formula is C15H17NO7. The number of nitrogens with zero attached hydrogens (tertiary/aromatic N) is 1. The van der Waals surface area contributed by atoms with E-state index in [0.29, 0.717) is 0 Å². The van der Waals surface area contributed by atoms with Crippen LogP contribution in [0, 0.1) is 11.1 Å². The van der Waals surface area contributed by atoms with Crippen molar-refractivity contribution in [1.29, 1.82) is 0 Å². The molecule has 1 aromatic rings. The fraction of sp³-hybridized carbons (Fsp3) is 0.333. The van der Waals surface area contributed by atoms with Gasteiger partial charge in [0.2, 0.25) is 0 Å². The summed E-state index contributed by atoms with van der Waals surface area (Å²) in [5, 5.41) is 29.7. The molecule has 124 valence electrons. The van der Waals surface area contributed by atoms with E-state index in [2.05, 4.69) is 0 Å². The lowest BCUT2D eigenvalue weighted by atomic mass is 9.80. The van der Waals surface area contributed by atoms with Gasteiger partial charge in [-0.25, -0.2) is 4.79 Å². The van der Waals surface area contributed by atoms with Crippen molar-refractivity contribution in [3.63, 3.8) is 0 Å². The summed E-state index contributed by atoms with van der Waals surface area (Å²) in [4.78, 5) is 34.5. The number of ether oxygens (including phenoxy) is 1. The number of esters is 1. The zero-order valence-corrected chi connectivity index (χ0v) is 12.6. The van der Waals surface area contributed by atoms with E-state index in [1.54, 1.807) is 18.2 Å². The molecule has 0 aliphatic heterocycles. The molecule has 0 heterocycles. The monoisotopic (exact) mass is 323 g/mol. The molecule has 2 unspecified atom stereocenters. The lowest BCUT2D eigenvalue weighted by Gasteiger charge is -2.21. The Morgan fingerprint density at radius 2 is 1.83 bits per heavy atom. The highest BCUT2D eigenvalue weighted by Crippen LogP contribution is 2.29. The number of carboxylic acids is 1. The van der Waals surface area contributed by atoms with Crippen molar-refractivity contribution in [2.45, 2.75) is 19.8 Å². The van der Waals surface area contributed by atoms with E-state index < -0.39 is 40.2 Å². The summed E-state index contributed by atoms with van der Waals surface area (Å²) in [6, 6.07) is 7.65. The molecule has 8 heteroatoms. The van der Waals surface area contributed by atoms with Crippen molar-refractivity contribution in [2.75, 3.05) is 6.61 Å². The Labute approximate surface area is 132 Å². The Hall–Kier alpha value is -2.90. The van der Waals surface area contributed by atoms with Crippen LogP contribution in [0.1, 0.15) is 25.3 Å². The summed E-state index contributed by atoms with van der Waals surface area (Å²) in [6.45, 7) is 2.59. The van der Waals surface area contributed by atoms with Crippen LogP contribution in [-0.2, 0) is 19.1 Å². The van der Waals surface area contributed by atoms with Gasteiger partial charge < -0.3 is 15.1 Å². The third-order valence-electron chi connectivity index (χ3n) is 3.19. The predicted octanol–water partition coefficient (Wildman–Crippen LogP) is 0.964. The molecule has 0 fully saturated rings. The van der Waals surface area contributed by atoms with E-state index in [0.717, 1.165) is 6.92 Å². The first-order valence-electron chi connectivity index (χ1n) is 6.79. The average Bonchev–Trinajstić information content (AvgIpc) is 2.46.